The molecule has 0 unspecified atom stereocenters. The van der Waals surface area contributed by atoms with Crippen LogP contribution in [0.2, 0.25) is 0 Å². The normalized spacial score (nSPS) is 10.6. The van der Waals surface area contributed by atoms with E-state index in [1.54, 1.807) is 0 Å². The van der Waals surface area contributed by atoms with Gasteiger partial charge in [-0.25, -0.2) is 4.39 Å². The lowest BCUT2D eigenvalue weighted by Crippen LogP contribution is -2.17. The molecule has 2 aromatic carbocycles. The van der Waals surface area contributed by atoms with Gasteiger partial charge in [-0.15, -0.1) is 0 Å². The number of hydrogen-bond donors (Lipinski definition) is 0. The summed E-state index contributed by atoms with van der Waals surface area (Å²) in [5.74, 6) is -0.218. The quantitative estimate of drug-likeness (QED) is 0.781. The number of benzene rings is 2. The highest BCUT2D eigenvalue weighted by Gasteiger charge is 2.08. The fourth-order valence-corrected chi connectivity index (χ4v) is 2.70. The molecule has 1 nitrogen and oxygen atoms in total. The molecule has 0 aliphatic rings. The van der Waals surface area contributed by atoms with E-state index in [0.29, 0.717) is 0 Å². The summed E-state index contributed by atoms with van der Waals surface area (Å²) in [5, 5.41) is 0. The third-order valence-electron chi connectivity index (χ3n) is 3.19. The van der Waals surface area contributed by atoms with Gasteiger partial charge in [0.15, 0.2) is 0 Å². The Bertz CT molecular complexity index is 595. The fourth-order valence-electron chi connectivity index (χ4n) is 2.22. The van der Waals surface area contributed by atoms with Crippen molar-refractivity contribution in [1.29, 1.82) is 0 Å². The smallest absolute Gasteiger partial charge is 0.124 e. The van der Waals surface area contributed by atoms with Crippen LogP contribution in [-0.4, -0.2) is 7.05 Å². The average molecular weight is 322 g/mol. The molecular formula is C16H17BrFN. The molecule has 0 fully saturated rings. The predicted molar refractivity (Wildman–Crippen MR) is 82.1 cm³/mol. The molecule has 19 heavy (non-hydrogen) atoms. The van der Waals surface area contributed by atoms with E-state index in [9.17, 15) is 4.39 Å². The van der Waals surface area contributed by atoms with Gasteiger partial charge >= 0.3 is 0 Å². The van der Waals surface area contributed by atoms with Crippen molar-refractivity contribution in [2.24, 2.45) is 0 Å². The van der Waals surface area contributed by atoms with Crippen molar-refractivity contribution in [2.45, 2.75) is 20.4 Å². The Labute approximate surface area is 122 Å². The lowest BCUT2D eigenvalue weighted by atomic mass is 10.1. The SMILES string of the molecule is Cc1ccc(N(C)Cc2ccc(F)cc2Br)c(C)c1. The summed E-state index contributed by atoms with van der Waals surface area (Å²) in [6, 6.07) is 11.2. The monoisotopic (exact) mass is 321 g/mol. The van der Waals surface area contributed by atoms with Crippen molar-refractivity contribution in [1.82, 2.24) is 0 Å². The summed E-state index contributed by atoms with van der Waals surface area (Å²) in [6.07, 6.45) is 0. The Morgan fingerprint density at radius 3 is 2.47 bits per heavy atom. The van der Waals surface area contributed by atoms with E-state index in [-0.39, 0.29) is 5.82 Å². The summed E-state index contributed by atoms with van der Waals surface area (Å²) < 4.78 is 13.9. The van der Waals surface area contributed by atoms with Crippen LogP contribution >= 0.6 is 15.9 Å². The molecule has 0 amide bonds. The topological polar surface area (TPSA) is 3.24 Å². The number of nitrogens with zero attached hydrogens (tertiary/aromatic N) is 1. The molecule has 0 saturated carbocycles. The average Bonchev–Trinajstić information content (AvgIpc) is 2.32. The Kier molecular flexibility index (Phi) is 4.25. The van der Waals surface area contributed by atoms with Gasteiger partial charge in [-0.3, -0.25) is 0 Å². The van der Waals surface area contributed by atoms with Gasteiger partial charge in [0.2, 0.25) is 0 Å². The van der Waals surface area contributed by atoms with Crippen molar-refractivity contribution < 1.29 is 4.39 Å². The molecular weight excluding hydrogens is 305 g/mol. The molecule has 0 N–H and O–H groups in total. The first-order valence-corrected chi connectivity index (χ1v) is 6.99. The molecule has 0 saturated heterocycles. The highest BCUT2D eigenvalue weighted by Crippen LogP contribution is 2.24. The first kappa shape index (κ1) is 14.1. The molecule has 0 heterocycles. The standard InChI is InChI=1S/C16H17BrFN/c1-11-4-7-16(12(2)8-11)19(3)10-13-5-6-14(18)9-15(13)17/h4-9H,10H2,1-3H3. The van der Waals surface area contributed by atoms with Gasteiger partial charge in [0, 0.05) is 23.8 Å². The zero-order valence-corrected chi connectivity index (χ0v) is 13.0. The maximum absolute atomic E-state index is 13.1. The lowest BCUT2D eigenvalue weighted by molar-refractivity contribution is 0.625. The Hall–Kier alpha value is -1.35. The molecule has 0 aliphatic heterocycles. The Balaban J connectivity index is 2.23. The van der Waals surface area contributed by atoms with Crippen molar-refractivity contribution in [3.8, 4) is 0 Å². The molecule has 0 aromatic heterocycles. The van der Waals surface area contributed by atoms with Gasteiger partial charge < -0.3 is 4.90 Å². The number of halogens is 2. The fraction of sp³-hybridized carbons (Fsp3) is 0.250. The summed E-state index contributed by atoms with van der Waals surface area (Å²) in [4.78, 5) is 2.17. The maximum atomic E-state index is 13.1. The maximum Gasteiger partial charge on any atom is 0.124 e. The van der Waals surface area contributed by atoms with Gasteiger partial charge in [0.05, 0.1) is 0 Å². The van der Waals surface area contributed by atoms with E-state index in [0.717, 1.165) is 16.6 Å². The van der Waals surface area contributed by atoms with Crippen LogP contribution in [0.15, 0.2) is 40.9 Å². The molecule has 2 aromatic rings. The molecule has 0 bridgehead atoms. The molecule has 100 valence electrons. The minimum atomic E-state index is -0.218. The van der Waals surface area contributed by atoms with Crippen molar-refractivity contribution >= 4 is 21.6 Å². The zero-order valence-electron chi connectivity index (χ0n) is 11.4. The minimum absolute atomic E-state index is 0.218. The summed E-state index contributed by atoms with van der Waals surface area (Å²) in [7, 11) is 2.05. The third-order valence-corrected chi connectivity index (χ3v) is 3.92. The van der Waals surface area contributed by atoms with Gasteiger partial charge in [-0.1, -0.05) is 39.7 Å². The van der Waals surface area contributed by atoms with E-state index in [1.807, 2.05) is 13.1 Å². The van der Waals surface area contributed by atoms with Crippen molar-refractivity contribution in [3.63, 3.8) is 0 Å². The van der Waals surface area contributed by atoms with E-state index in [1.165, 1.54) is 28.9 Å². The predicted octanol–water partition coefficient (Wildman–Crippen LogP) is 4.84. The van der Waals surface area contributed by atoms with Crippen LogP contribution in [0.5, 0.6) is 0 Å². The van der Waals surface area contributed by atoms with E-state index in [4.69, 9.17) is 0 Å². The first-order chi connectivity index (χ1) is 8.97. The van der Waals surface area contributed by atoms with Crippen LogP contribution in [0.4, 0.5) is 10.1 Å². The van der Waals surface area contributed by atoms with Crippen LogP contribution in [0.1, 0.15) is 16.7 Å². The lowest BCUT2D eigenvalue weighted by Gasteiger charge is -2.22. The second kappa shape index (κ2) is 5.74. The summed E-state index contributed by atoms with van der Waals surface area (Å²) in [5.41, 5.74) is 4.78. The Morgan fingerprint density at radius 2 is 1.84 bits per heavy atom. The highest BCUT2D eigenvalue weighted by atomic mass is 79.9. The van der Waals surface area contributed by atoms with E-state index >= 15 is 0 Å². The van der Waals surface area contributed by atoms with E-state index in [2.05, 4.69) is 52.9 Å². The van der Waals surface area contributed by atoms with Gasteiger partial charge in [-0.05, 0) is 43.2 Å². The zero-order chi connectivity index (χ0) is 14.0. The Morgan fingerprint density at radius 1 is 1.11 bits per heavy atom. The van der Waals surface area contributed by atoms with Crippen LogP contribution in [-0.2, 0) is 6.54 Å². The van der Waals surface area contributed by atoms with E-state index < -0.39 is 0 Å². The first-order valence-electron chi connectivity index (χ1n) is 6.19. The summed E-state index contributed by atoms with van der Waals surface area (Å²) >= 11 is 3.41. The molecule has 0 aliphatic carbocycles. The molecule has 0 atom stereocenters. The van der Waals surface area contributed by atoms with Gasteiger partial charge in [0.1, 0.15) is 5.82 Å². The van der Waals surface area contributed by atoms with Crippen LogP contribution in [0.3, 0.4) is 0 Å². The van der Waals surface area contributed by atoms with Gasteiger partial charge in [-0.2, -0.15) is 0 Å². The number of anilines is 1. The number of hydrogen-bond acceptors (Lipinski definition) is 1. The van der Waals surface area contributed by atoms with Crippen LogP contribution in [0, 0.1) is 19.7 Å². The number of rotatable bonds is 3. The van der Waals surface area contributed by atoms with Crippen LogP contribution in [0.25, 0.3) is 0 Å². The van der Waals surface area contributed by atoms with Gasteiger partial charge in [0.25, 0.3) is 0 Å². The number of aryl methyl sites for hydroxylation is 2. The molecule has 3 heteroatoms. The molecule has 2 rings (SSSR count). The third kappa shape index (κ3) is 3.35. The second-order valence-corrected chi connectivity index (χ2v) is 5.74. The highest BCUT2D eigenvalue weighted by molar-refractivity contribution is 9.10. The van der Waals surface area contributed by atoms with Crippen molar-refractivity contribution in [3.05, 3.63) is 63.4 Å². The largest absolute Gasteiger partial charge is 0.370 e. The molecule has 0 radical (unpaired) electrons. The second-order valence-electron chi connectivity index (χ2n) is 4.88. The summed E-state index contributed by atoms with van der Waals surface area (Å²) in [6.45, 7) is 4.94. The van der Waals surface area contributed by atoms with Crippen molar-refractivity contribution in [2.75, 3.05) is 11.9 Å². The van der Waals surface area contributed by atoms with Crippen LogP contribution < -0.4 is 4.90 Å². The minimum Gasteiger partial charge on any atom is -0.370 e. The molecule has 0 spiro atoms.